The van der Waals surface area contributed by atoms with Gasteiger partial charge in [-0.15, -0.1) is 0 Å². The zero-order chi connectivity index (χ0) is 28.4. The summed E-state index contributed by atoms with van der Waals surface area (Å²) in [5, 5.41) is 33.3. The highest BCUT2D eigenvalue weighted by molar-refractivity contribution is 5.99. The molecule has 0 aromatic carbocycles. The van der Waals surface area contributed by atoms with E-state index in [-0.39, 0.29) is 36.0 Å². The number of halogens is 1. The number of fused-ring (bicyclic) bond motifs is 1. The number of pyridine rings is 2. The van der Waals surface area contributed by atoms with Crippen LogP contribution in [-0.2, 0) is 4.79 Å². The van der Waals surface area contributed by atoms with E-state index in [9.17, 15) is 24.3 Å². The summed E-state index contributed by atoms with van der Waals surface area (Å²) in [5.74, 6) is 0.206. The van der Waals surface area contributed by atoms with Crippen molar-refractivity contribution in [3.05, 3.63) is 41.9 Å². The van der Waals surface area contributed by atoms with Gasteiger partial charge in [-0.05, 0) is 58.4 Å². The van der Waals surface area contributed by atoms with Crippen LogP contribution in [0.25, 0.3) is 16.9 Å². The lowest BCUT2D eigenvalue weighted by atomic mass is 9.90. The smallest absolute Gasteiger partial charge is 0.255 e. The number of carbonyl (C=O) groups is 2. The predicted octanol–water partition coefficient (Wildman–Crippen LogP) is 2.78. The highest BCUT2D eigenvalue weighted by Crippen LogP contribution is 2.31. The van der Waals surface area contributed by atoms with E-state index in [1.165, 1.54) is 30.9 Å². The minimum absolute atomic E-state index is 0.0480. The highest BCUT2D eigenvalue weighted by Gasteiger charge is 2.32. The summed E-state index contributed by atoms with van der Waals surface area (Å²) in [4.78, 5) is 34.1. The van der Waals surface area contributed by atoms with Gasteiger partial charge in [-0.1, -0.05) is 0 Å². The molecule has 0 radical (unpaired) electrons. The van der Waals surface area contributed by atoms with Gasteiger partial charge in [0.1, 0.15) is 12.2 Å². The van der Waals surface area contributed by atoms with E-state index in [2.05, 4.69) is 37.1 Å². The Morgan fingerprint density at radius 2 is 1.85 bits per heavy atom. The third kappa shape index (κ3) is 6.20. The Balaban J connectivity index is 1.37. The summed E-state index contributed by atoms with van der Waals surface area (Å²) in [6.07, 6.45) is 7.97. The molecule has 3 aromatic heterocycles. The molecule has 0 unspecified atom stereocenters. The van der Waals surface area contributed by atoms with E-state index in [1.807, 2.05) is 0 Å². The molecule has 5 rings (SSSR count). The zero-order valence-electron chi connectivity index (χ0n) is 22.5. The topological polar surface area (TPSA) is 158 Å². The maximum absolute atomic E-state index is 14.3. The standard InChI is InChI=1S/C28H33FN8O3/c1-28(2,40)23(29)15-33-27(39)21-14-31-24(37-25-18(13-34-37)9-16(11-30)12-32-25)10-22(21)35-19-5-7-20(8-6-19)36-26(38)17-3-4-17/h9-10,12-14,17,19-20,23,40H,3-8,15H2,1-2H3,(H,31,35)(H,33,39)(H,36,38)/t19?,20?,23-/m1/s1. The number of amides is 2. The van der Waals surface area contributed by atoms with Crippen LogP contribution < -0.4 is 16.0 Å². The number of hydrogen-bond donors (Lipinski definition) is 4. The van der Waals surface area contributed by atoms with Crippen LogP contribution in [0.5, 0.6) is 0 Å². The van der Waals surface area contributed by atoms with E-state index in [1.54, 1.807) is 18.3 Å². The quantitative estimate of drug-likeness (QED) is 0.318. The van der Waals surface area contributed by atoms with E-state index < -0.39 is 17.7 Å². The first kappa shape index (κ1) is 27.5. The molecule has 0 spiro atoms. The van der Waals surface area contributed by atoms with Gasteiger partial charge in [-0.25, -0.2) is 14.4 Å². The molecule has 3 heterocycles. The van der Waals surface area contributed by atoms with Crippen LogP contribution >= 0.6 is 0 Å². The van der Waals surface area contributed by atoms with E-state index >= 15 is 0 Å². The number of alkyl halides is 1. The van der Waals surface area contributed by atoms with Gasteiger partial charge in [0.2, 0.25) is 5.91 Å². The average molecular weight is 549 g/mol. The summed E-state index contributed by atoms with van der Waals surface area (Å²) in [7, 11) is 0. The van der Waals surface area contributed by atoms with Crippen molar-refractivity contribution in [3.63, 3.8) is 0 Å². The predicted molar refractivity (Wildman–Crippen MR) is 145 cm³/mol. The molecule has 2 fully saturated rings. The van der Waals surface area contributed by atoms with Crippen LogP contribution in [0.15, 0.2) is 30.7 Å². The normalized spacial score (nSPS) is 20.0. The Labute approximate surface area is 231 Å². The largest absolute Gasteiger partial charge is 0.387 e. The lowest BCUT2D eigenvalue weighted by Crippen LogP contribution is -2.42. The number of hydrogen-bond acceptors (Lipinski definition) is 8. The maximum atomic E-state index is 14.3. The van der Waals surface area contributed by atoms with Crippen molar-refractivity contribution in [2.45, 2.75) is 76.2 Å². The molecule has 11 nitrogen and oxygen atoms in total. The van der Waals surface area contributed by atoms with Gasteiger partial charge in [0.25, 0.3) is 5.91 Å². The molecule has 0 aliphatic heterocycles. The summed E-state index contributed by atoms with van der Waals surface area (Å²) < 4.78 is 15.9. The number of carbonyl (C=O) groups excluding carboxylic acids is 2. The number of aromatic nitrogens is 4. The SMILES string of the molecule is CC(C)(O)[C@H](F)CNC(=O)c1cnc(-n2ncc3cc(C#N)cnc32)cc1NC1CCC(NC(=O)C2CC2)CC1. The molecule has 0 saturated heterocycles. The van der Waals surface area contributed by atoms with E-state index in [4.69, 9.17) is 0 Å². The second-order valence-electron chi connectivity index (χ2n) is 11.2. The van der Waals surface area contributed by atoms with Crippen LogP contribution in [0, 0.1) is 17.2 Å². The molecule has 210 valence electrons. The first-order valence-electron chi connectivity index (χ1n) is 13.6. The molecule has 1 atom stereocenters. The van der Waals surface area contributed by atoms with Crippen molar-refractivity contribution < 1.29 is 19.1 Å². The van der Waals surface area contributed by atoms with Gasteiger partial charge < -0.3 is 21.1 Å². The van der Waals surface area contributed by atoms with Gasteiger partial charge >= 0.3 is 0 Å². The Morgan fingerprint density at radius 3 is 2.52 bits per heavy atom. The number of aliphatic hydroxyl groups is 1. The second kappa shape index (κ2) is 11.2. The number of nitrogens with one attached hydrogen (secondary N) is 3. The van der Waals surface area contributed by atoms with Crippen molar-refractivity contribution >= 4 is 28.5 Å². The zero-order valence-corrected chi connectivity index (χ0v) is 22.5. The number of nitrogens with zero attached hydrogens (tertiary/aromatic N) is 5. The van der Waals surface area contributed by atoms with Gasteiger partial charge in [-0.3, -0.25) is 9.59 Å². The molecule has 12 heteroatoms. The van der Waals surface area contributed by atoms with Crippen LogP contribution in [0.1, 0.15) is 68.3 Å². The fourth-order valence-corrected chi connectivity index (χ4v) is 4.80. The fraction of sp³-hybridized carbons (Fsp3) is 0.500. The molecule has 4 N–H and O–H groups in total. The number of nitriles is 1. The second-order valence-corrected chi connectivity index (χ2v) is 11.2. The molecule has 2 aliphatic rings. The first-order valence-corrected chi connectivity index (χ1v) is 13.6. The number of anilines is 1. The van der Waals surface area contributed by atoms with Gasteiger partial charge in [0, 0.05) is 41.8 Å². The van der Waals surface area contributed by atoms with E-state index in [0.29, 0.717) is 28.1 Å². The molecular formula is C28H33FN8O3. The average Bonchev–Trinajstić information content (AvgIpc) is 3.71. The Bertz CT molecular complexity index is 1450. The van der Waals surface area contributed by atoms with Gasteiger partial charge in [0.15, 0.2) is 11.5 Å². The lowest BCUT2D eigenvalue weighted by molar-refractivity contribution is -0.123. The van der Waals surface area contributed by atoms with Crippen LogP contribution in [-0.4, -0.2) is 67.1 Å². The van der Waals surface area contributed by atoms with Gasteiger partial charge in [-0.2, -0.15) is 15.0 Å². The minimum Gasteiger partial charge on any atom is -0.387 e. The van der Waals surface area contributed by atoms with Crippen molar-refractivity contribution in [1.82, 2.24) is 30.4 Å². The van der Waals surface area contributed by atoms with Crippen molar-refractivity contribution in [1.29, 1.82) is 5.26 Å². The minimum atomic E-state index is -1.65. The molecule has 40 heavy (non-hydrogen) atoms. The van der Waals surface area contributed by atoms with Crippen LogP contribution in [0.3, 0.4) is 0 Å². The molecule has 0 bridgehead atoms. The summed E-state index contributed by atoms with van der Waals surface area (Å²) >= 11 is 0. The first-order chi connectivity index (χ1) is 19.1. The van der Waals surface area contributed by atoms with Crippen LogP contribution in [0.2, 0.25) is 0 Å². The molecule has 2 amide bonds. The third-order valence-electron chi connectivity index (χ3n) is 7.48. The maximum Gasteiger partial charge on any atom is 0.255 e. The van der Waals surface area contributed by atoms with Crippen molar-refractivity contribution in [2.75, 3.05) is 11.9 Å². The Kier molecular flexibility index (Phi) is 7.67. The Hall–Kier alpha value is -4.11. The summed E-state index contributed by atoms with van der Waals surface area (Å²) in [6.45, 7) is 2.33. The van der Waals surface area contributed by atoms with Crippen LogP contribution in [0.4, 0.5) is 10.1 Å². The highest BCUT2D eigenvalue weighted by atomic mass is 19.1. The summed E-state index contributed by atoms with van der Waals surface area (Å²) in [5.41, 5.74) is 0.0577. The molecular weight excluding hydrogens is 515 g/mol. The summed E-state index contributed by atoms with van der Waals surface area (Å²) in [6, 6.07) is 5.63. The third-order valence-corrected chi connectivity index (χ3v) is 7.48. The van der Waals surface area contributed by atoms with Crippen molar-refractivity contribution in [2.24, 2.45) is 5.92 Å². The number of rotatable bonds is 9. The molecule has 3 aromatic rings. The van der Waals surface area contributed by atoms with Crippen molar-refractivity contribution in [3.8, 4) is 11.9 Å². The lowest BCUT2D eigenvalue weighted by Gasteiger charge is -2.31. The Morgan fingerprint density at radius 1 is 1.12 bits per heavy atom. The molecule has 2 saturated carbocycles. The fourth-order valence-electron chi connectivity index (χ4n) is 4.80. The monoisotopic (exact) mass is 548 g/mol. The van der Waals surface area contributed by atoms with E-state index in [0.717, 1.165) is 38.5 Å². The van der Waals surface area contributed by atoms with Gasteiger partial charge in [0.05, 0.1) is 35.2 Å². The molecule has 2 aliphatic carbocycles.